The third-order valence-electron chi connectivity index (χ3n) is 4.90. The molecule has 1 aromatic heterocycles. The fraction of sp³-hybridized carbons (Fsp3) is 0.318. The van der Waals surface area contributed by atoms with Crippen LogP contribution in [0.3, 0.4) is 0 Å². The number of pyridine rings is 1. The van der Waals surface area contributed by atoms with Crippen LogP contribution < -0.4 is 27.1 Å². The number of rotatable bonds is 13. The standard InChI is InChI=1S/C22H27FN6O7S/c1-36-21(33)17-7-6-15(23)10-14(17)13-37(34,35)28-18-5-3-9-29(20(18)32)11-19(31)27-16(12-30)4-2-8-26-22(24)25/h3,5-7,9-10,12,16,28H,2,4,8,11,13H2,1H3,(H,27,31)(H4,24,25,26). The molecule has 0 fully saturated rings. The van der Waals surface area contributed by atoms with E-state index in [0.29, 0.717) is 12.7 Å². The molecule has 1 heterocycles. The van der Waals surface area contributed by atoms with Gasteiger partial charge in [-0.05, 0) is 48.7 Å². The zero-order valence-electron chi connectivity index (χ0n) is 19.8. The molecule has 2 rings (SSSR count). The molecule has 1 amide bonds. The fourth-order valence-electron chi connectivity index (χ4n) is 3.24. The Kier molecular flexibility index (Phi) is 10.3. The second-order valence-electron chi connectivity index (χ2n) is 7.77. The summed E-state index contributed by atoms with van der Waals surface area (Å²) in [5, 5.41) is 2.46. The van der Waals surface area contributed by atoms with E-state index in [1.807, 2.05) is 0 Å². The highest BCUT2D eigenvalue weighted by atomic mass is 32.2. The molecule has 0 radical (unpaired) electrons. The molecule has 0 saturated carbocycles. The van der Waals surface area contributed by atoms with Gasteiger partial charge in [0.05, 0.1) is 24.5 Å². The first kappa shape index (κ1) is 29.0. The summed E-state index contributed by atoms with van der Waals surface area (Å²) >= 11 is 0. The van der Waals surface area contributed by atoms with Gasteiger partial charge in [-0.2, -0.15) is 0 Å². The highest BCUT2D eigenvalue weighted by Gasteiger charge is 2.21. The number of nitrogens with zero attached hydrogens (tertiary/aromatic N) is 2. The normalized spacial score (nSPS) is 11.7. The fourth-order valence-corrected chi connectivity index (χ4v) is 4.45. The largest absolute Gasteiger partial charge is 0.465 e. The molecule has 0 spiro atoms. The van der Waals surface area contributed by atoms with Crippen LogP contribution in [0, 0.1) is 5.82 Å². The number of esters is 1. The van der Waals surface area contributed by atoms with Crippen LogP contribution in [0.4, 0.5) is 10.1 Å². The van der Waals surface area contributed by atoms with Crippen molar-refractivity contribution in [3.8, 4) is 0 Å². The maximum atomic E-state index is 13.7. The molecule has 13 nitrogen and oxygen atoms in total. The van der Waals surface area contributed by atoms with Gasteiger partial charge in [0.25, 0.3) is 5.56 Å². The number of halogens is 1. The number of benzene rings is 1. The van der Waals surface area contributed by atoms with Crippen molar-refractivity contribution in [2.75, 3.05) is 18.4 Å². The zero-order valence-corrected chi connectivity index (χ0v) is 20.7. The first-order valence-electron chi connectivity index (χ1n) is 10.8. The van der Waals surface area contributed by atoms with E-state index in [1.54, 1.807) is 0 Å². The van der Waals surface area contributed by atoms with Crippen LogP contribution in [0.1, 0.15) is 28.8 Å². The van der Waals surface area contributed by atoms with E-state index in [-0.39, 0.29) is 35.7 Å². The van der Waals surface area contributed by atoms with Gasteiger partial charge in [-0.3, -0.25) is 19.3 Å². The van der Waals surface area contributed by atoms with Crippen molar-refractivity contribution in [3.63, 3.8) is 0 Å². The highest BCUT2D eigenvalue weighted by Crippen LogP contribution is 2.17. The maximum absolute atomic E-state index is 13.7. The lowest BCUT2D eigenvalue weighted by molar-refractivity contribution is -0.124. The predicted octanol–water partition coefficient (Wildman–Crippen LogP) is -0.547. The molecule has 200 valence electrons. The average molecular weight is 539 g/mol. The van der Waals surface area contributed by atoms with Crippen molar-refractivity contribution in [3.05, 3.63) is 63.8 Å². The molecule has 0 aliphatic rings. The highest BCUT2D eigenvalue weighted by molar-refractivity contribution is 7.91. The number of aliphatic imine (C=N–C) groups is 1. The van der Waals surface area contributed by atoms with Gasteiger partial charge in [0.1, 0.15) is 24.3 Å². The number of ether oxygens (including phenoxy) is 1. The Morgan fingerprint density at radius 3 is 2.65 bits per heavy atom. The number of methoxy groups -OCH3 is 1. The van der Waals surface area contributed by atoms with Gasteiger partial charge in [0, 0.05) is 12.7 Å². The van der Waals surface area contributed by atoms with E-state index >= 15 is 0 Å². The number of hydrogen-bond acceptors (Lipinski definition) is 8. The van der Waals surface area contributed by atoms with E-state index in [1.165, 1.54) is 18.3 Å². The lowest BCUT2D eigenvalue weighted by atomic mass is 10.1. The predicted molar refractivity (Wildman–Crippen MR) is 133 cm³/mol. The van der Waals surface area contributed by atoms with Gasteiger partial charge < -0.3 is 30.9 Å². The third-order valence-corrected chi connectivity index (χ3v) is 6.12. The summed E-state index contributed by atoms with van der Waals surface area (Å²) in [4.78, 5) is 52.0. The topological polar surface area (TPSA) is 205 Å². The van der Waals surface area contributed by atoms with Gasteiger partial charge in [-0.25, -0.2) is 17.6 Å². The van der Waals surface area contributed by atoms with E-state index in [4.69, 9.17) is 11.5 Å². The zero-order chi connectivity index (χ0) is 27.6. The van der Waals surface area contributed by atoms with E-state index in [2.05, 4.69) is 19.8 Å². The Morgan fingerprint density at radius 1 is 1.27 bits per heavy atom. The number of nitrogens with one attached hydrogen (secondary N) is 2. The lowest BCUT2D eigenvalue weighted by Crippen LogP contribution is -2.40. The maximum Gasteiger partial charge on any atom is 0.338 e. The van der Waals surface area contributed by atoms with Crippen LogP contribution in [0.15, 0.2) is 46.3 Å². The number of nitrogens with two attached hydrogens (primary N) is 2. The molecule has 1 atom stereocenters. The smallest absolute Gasteiger partial charge is 0.338 e. The molecule has 1 aromatic carbocycles. The second kappa shape index (κ2) is 13.2. The molecule has 37 heavy (non-hydrogen) atoms. The summed E-state index contributed by atoms with van der Waals surface area (Å²) < 4.78 is 46.7. The number of anilines is 1. The van der Waals surface area contributed by atoms with E-state index < -0.39 is 51.6 Å². The lowest BCUT2D eigenvalue weighted by Gasteiger charge is -2.14. The molecule has 0 saturated heterocycles. The number of sulfonamides is 1. The molecule has 0 bridgehead atoms. The minimum absolute atomic E-state index is 0.0959. The minimum atomic E-state index is -4.29. The summed E-state index contributed by atoms with van der Waals surface area (Å²) in [5.74, 6) is -3.21. The van der Waals surface area contributed by atoms with Crippen molar-refractivity contribution in [2.45, 2.75) is 31.2 Å². The molecule has 15 heteroatoms. The monoisotopic (exact) mass is 538 g/mol. The van der Waals surface area contributed by atoms with Crippen LogP contribution in [-0.2, 0) is 36.6 Å². The Morgan fingerprint density at radius 2 is 2.00 bits per heavy atom. The van der Waals surface area contributed by atoms with Crippen molar-refractivity contribution < 1.29 is 31.9 Å². The first-order valence-corrected chi connectivity index (χ1v) is 12.5. The Hall–Kier alpha value is -4.27. The summed E-state index contributed by atoms with van der Waals surface area (Å²) in [5.41, 5.74) is 8.90. The number of hydrogen-bond donors (Lipinski definition) is 4. The second-order valence-corrected chi connectivity index (χ2v) is 9.49. The molecule has 2 aromatic rings. The first-order chi connectivity index (χ1) is 17.5. The van der Waals surface area contributed by atoms with Crippen molar-refractivity contribution in [1.82, 2.24) is 9.88 Å². The summed E-state index contributed by atoms with van der Waals surface area (Å²) in [7, 11) is -3.20. The number of guanidine groups is 1. The van der Waals surface area contributed by atoms with Crippen LogP contribution in [0.5, 0.6) is 0 Å². The van der Waals surface area contributed by atoms with Crippen molar-refractivity contribution >= 4 is 39.8 Å². The van der Waals surface area contributed by atoms with Gasteiger partial charge in [0.2, 0.25) is 15.9 Å². The number of amides is 1. The number of aldehydes is 1. The number of carbonyl (C=O) groups is 3. The van der Waals surface area contributed by atoms with Gasteiger partial charge in [0.15, 0.2) is 5.96 Å². The van der Waals surface area contributed by atoms with Crippen LogP contribution in [0.2, 0.25) is 0 Å². The van der Waals surface area contributed by atoms with E-state index in [9.17, 15) is 32.0 Å². The molecule has 6 N–H and O–H groups in total. The Labute approximate surface area is 211 Å². The van der Waals surface area contributed by atoms with Crippen molar-refractivity contribution in [2.24, 2.45) is 16.5 Å². The van der Waals surface area contributed by atoms with Crippen LogP contribution >= 0.6 is 0 Å². The van der Waals surface area contributed by atoms with Crippen molar-refractivity contribution in [1.29, 1.82) is 0 Å². The van der Waals surface area contributed by atoms with E-state index in [0.717, 1.165) is 29.9 Å². The Balaban J connectivity index is 2.12. The number of aromatic nitrogens is 1. The van der Waals surface area contributed by atoms with Gasteiger partial charge in [-0.1, -0.05) is 0 Å². The summed E-state index contributed by atoms with van der Waals surface area (Å²) in [6, 6.07) is 4.62. The molecular formula is C22H27FN6O7S. The average Bonchev–Trinajstić information content (AvgIpc) is 2.82. The summed E-state index contributed by atoms with van der Waals surface area (Å²) in [6.07, 6.45) is 2.47. The third kappa shape index (κ3) is 9.03. The van der Waals surface area contributed by atoms with Crippen LogP contribution in [-0.4, -0.2) is 56.8 Å². The molecule has 0 aliphatic heterocycles. The van der Waals surface area contributed by atoms with Gasteiger partial charge >= 0.3 is 5.97 Å². The summed E-state index contributed by atoms with van der Waals surface area (Å²) in [6.45, 7) is -0.232. The quantitative estimate of drug-likeness (QED) is 0.0848. The molecule has 1 unspecified atom stereocenters. The SMILES string of the molecule is COC(=O)c1ccc(F)cc1CS(=O)(=O)Nc1cccn(CC(=O)NC(C=O)CCCN=C(N)N)c1=O. The Bertz CT molecular complexity index is 1340. The minimum Gasteiger partial charge on any atom is -0.465 e. The van der Waals surface area contributed by atoms with Crippen LogP contribution in [0.25, 0.3) is 0 Å². The van der Waals surface area contributed by atoms with Gasteiger partial charge in [-0.15, -0.1) is 0 Å². The molecule has 0 aliphatic carbocycles. The molecular weight excluding hydrogens is 511 g/mol. The number of carbonyl (C=O) groups excluding carboxylic acids is 3.